The Hall–Kier alpha value is -2.73. The predicted molar refractivity (Wildman–Crippen MR) is 95.3 cm³/mol. The van der Waals surface area contributed by atoms with Gasteiger partial charge >= 0.3 is 0 Å². The predicted octanol–water partition coefficient (Wildman–Crippen LogP) is 4.53. The second kappa shape index (κ2) is 7.44. The summed E-state index contributed by atoms with van der Waals surface area (Å²) in [6.45, 7) is 1.85. The Morgan fingerprint density at radius 3 is 2.36 bits per heavy atom. The van der Waals surface area contributed by atoms with Gasteiger partial charge in [-0.2, -0.15) is 0 Å². The van der Waals surface area contributed by atoms with Crippen LogP contribution in [-0.2, 0) is 0 Å². The van der Waals surface area contributed by atoms with E-state index >= 15 is 0 Å². The maximum atomic E-state index is 13.0. The maximum absolute atomic E-state index is 13.0. The van der Waals surface area contributed by atoms with Crippen LogP contribution in [0, 0.1) is 12.7 Å². The van der Waals surface area contributed by atoms with Crippen molar-refractivity contribution in [1.82, 2.24) is 9.97 Å². The van der Waals surface area contributed by atoms with Crippen molar-refractivity contribution in [1.29, 1.82) is 0 Å². The van der Waals surface area contributed by atoms with Gasteiger partial charge in [0.2, 0.25) is 5.12 Å². The zero-order valence-electron chi connectivity index (χ0n) is 13.7. The highest BCUT2D eigenvalue weighted by atomic mass is 32.2. The zero-order chi connectivity index (χ0) is 17.8. The van der Waals surface area contributed by atoms with Crippen molar-refractivity contribution >= 4 is 16.9 Å². The summed E-state index contributed by atoms with van der Waals surface area (Å²) in [6.07, 6.45) is 0. The van der Waals surface area contributed by atoms with E-state index in [2.05, 4.69) is 9.97 Å². The molecule has 0 atom stereocenters. The number of nitrogens with zero attached hydrogens (tertiary/aromatic N) is 2. The molecule has 3 rings (SSSR count). The Balaban J connectivity index is 1.85. The number of ether oxygens (including phenoxy) is 1. The zero-order valence-corrected chi connectivity index (χ0v) is 14.5. The summed E-state index contributed by atoms with van der Waals surface area (Å²) in [7, 11) is 1.61. The molecule has 0 amide bonds. The summed E-state index contributed by atoms with van der Waals surface area (Å²) in [4.78, 5) is 21.1. The minimum absolute atomic E-state index is 0.230. The summed E-state index contributed by atoms with van der Waals surface area (Å²) in [6, 6.07) is 14.8. The minimum Gasteiger partial charge on any atom is -0.497 e. The third-order valence-corrected chi connectivity index (χ3v) is 4.27. The van der Waals surface area contributed by atoms with Crippen molar-refractivity contribution < 1.29 is 13.9 Å². The van der Waals surface area contributed by atoms with Crippen molar-refractivity contribution in [3.63, 3.8) is 0 Å². The van der Waals surface area contributed by atoms with E-state index in [1.807, 2.05) is 37.3 Å². The van der Waals surface area contributed by atoms with Crippen LogP contribution in [0.15, 0.2) is 59.8 Å². The first-order valence-corrected chi connectivity index (χ1v) is 8.34. The Kier molecular flexibility index (Phi) is 5.09. The number of aryl methyl sites for hydroxylation is 1. The van der Waals surface area contributed by atoms with Gasteiger partial charge in [-0.25, -0.2) is 14.4 Å². The molecular weight excluding hydrogens is 339 g/mol. The third kappa shape index (κ3) is 4.22. The lowest BCUT2D eigenvalue weighted by Crippen LogP contribution is -1.99. The van der Waals surface area contributed by atoms with E-state index in [1.54, 1.807) is 7.11 Å². The molecule has 0 aliphatic carbocycles. The Morgan fingerprint density at radius 1 is 1.04 bits per heavy atom. The highest BCUT2D eigenvalue weighted by molar-refractivity contribution is 8.14. The topological polar surface area (TPSA) is 52.1 Å². The SMILES string of the molecule is COc1ccc(-c2cc(C)nc(SC(=O)c3ccc(F)cc3)n2)cc1. The molecule has 0 spiro atoms. The first kappa shape index (κ1) is 17.1. The maximum Gasteiger partial charge on any atom is 0.227 e. The van der Waals surface area contributed by atoms with Crippen LogP contribution < -0.4 is 4.74 Å². The standard InChI is InChI=1S/C19H15FN2O2S/c1-12-11-17(13-5-9-16(24-2)10-6-13)22-19(21-12)25-18(23)14-3-7-15(20)8-4-14/h3-11H,1-2H3. The van der Waals surface area contributed by atoms with E-state index in [9.17, 15) is 9.18 Å². The van der Waals surface area contributed by atoms with Gasteiger partial charge in [0.05, 0.1) is 12.8 Å². The summed E-state index contributed by atoms with van der Waals surface area (Å²) >= 11 is 0.925. The minimum atomic E-state index is -0.379. The number of carbonyl (C=O) groups excluding carboxylic acids is 1. The molecule has 0 N–H and O–H groups in total. The quantitative estimate of drug-likeness (QED) is 0.509. The molecular formula is C19H15FN2O2S. The number of methoxy groups -OCH3 is 1. The molecule has 0 aliphatic heterocycles. The van der Waals surface area contributed by atoms with Crippen molar-refractivity contribution in [2.75, 3.05) is 7.11 Å². The van der Waals surface area contributed by atoms with E-state index in [-0.39, 0.29) is 10.9 Å². The first-order chi connectivity index (χ1) is 12.0. The molecule has 1 aromatic heterocycles. The molecule has 6 heteroatoms. The van der Waals surface area contributed by atoms with Crippen LogP contribution in [0.5, 0.6) is 5.75 Å². The van der Waals surface area contributed by atoms with Crippen LogP contribution in [0.2, 0.25) is 0 Å². The van der Waals surface area contributed by atoms with E-state index in [0.717, 1.165) is 34.5 Å². The van der Waals surface area contributed by atoms with Crippen molar-refractivity contribution in [2.24, 2.45) is 0 Å². The van der Waals surface area contributed by atoms with Gasteiger partial charge in [-0.05, 0) is 73.3 Å². The summed E-state index contributed by atoms with van der Waals surface area (Å²) in [5.41, 5.74) is 2.80. The molecule has 0 fully saturated rings. The summed E-state index contributed by atoms with van der Waals surface area (Å²) < 4.78 is 18.1. The lowest BCUT2D eigenvalue weighted by molar-refractivity contribution is 0.108. The Bertz CT molecular complexity index is 896. The van der Waals surface area contributed by atoms with Gasteiger partial charge in [-0.1, -0.05) is 0 Å². The molecule has 126 valence electrons. The van der Waals surface area contributed by atoms with Crippen molar-refractivity contribution in [3.05, 3.63) is 71.7 Å². The van der Waals surface area contributed by atoms with Gasteiger partial charge in [0.25, 0.3) is 0 Å². The van der Waals surface area contributed by atoms with Crippen molar-refractivity contribution in [3.8, 4) is 17.0 Å². The average molecular weight is 354 g/mol. The van der Waals surface area contributed by atoms with E-state index < -0.39 is 0 Å². The number of halogens is 1. The number of thioether (sulfide) groups is 1. The van der Waals surface area contributed by atoms with Gasteiger partial charge in [-0.3, -0.25) is 4.79 Å². The molecule has 0 saturated carbocycles. The second-order valence-corrected chi connectivity index (χ2v) is 6.24. The van der Waals surface area contributed by atoms with Crippen LogP contribution in [0.4, 0.5) is 4.39 Å². The van der Waals surface area contributed by atoms with Gasteiger partial charge in [0.1, 0.15) is 11.6 Å². The summed E-state index contributed by atoms with van der Waals surface area (Å²) in [5, 5.41) is 0.131. The van der Waals surface area contributed by atoms with Crippen LogP contribution >= 0.6 is 11.8 Å². The Morgan fingerprint density at radius 2 is 1.72 bits per heavy atom. The highest BCUT2D eigenvalue weighted by Crippen LogP contribution is 2.25. The fourth-order valence-electron chi connectivity index (χ4n) is 2.22. The van der Waals surface area contributed by atoms with Gasteiger partial charge < -0.3 is 4.74 Å². The first-order valence-electron chi connectivity index (χ1n) is 7.53. The monoisotopic (exact) mass is 354 g/mol. The van der Waals surface area contributed by atoms with Gasteiger partial charge in [-0.15, -0.1) is 0 Å². The van der Waals surface area contributed by atoms with Crippen LogP contribution in [0.25, 0.3) is 11.3 Å². The molecule has 1 heterocycles. The van der Waals surface area contributed by atoms with Crippen LogP contribution in [-0.4, -0.2) is 22.2 Å². The van der Waals surface area contributed by atoms with Gasteiger partial charge in [0.15, 0.2) is 5.16 Å². The number of aromatic nitrogens is 2. The molecule has 0 radical (unpaired) electrons. The second-order valence-electron chi connectivity index (χ2n) is 5.30. The van der Waals surface area contributed by atoms with E-state index in [4.69, 9.17) is 4.74 Å². The normalized spacial score (nSPS) is 10.5. The molecule has 3 aromatic rings. The largest absolute Gasteiger partial charge is 0.497 e. The van der Waals surface area contributed by atoms with Gasteiger partial charge in [0, 0.05) is 16.8 Å². The molecule has 0 bridgehead atoms. The number of hydrogen-bond acceptors (Lipinski definition) is 5. The average Bonchev–Trinajstić information content (AvgIpc) is 2.62. The lowest BCUT2D eigenvalue weighted by atomic mass is 10.1. The van der Waals surface area contributed by atoms with E-state index in [1.165, 1.54) is 24.3 Å². The molecule has 4 nitrogen and oxygen atoms in total. The molecule has 0 saturated heterocycles. The molecule has 0 unspecified atom stereocenters. The number of rotatable bonds is 4. The molecule has 0 aliphatic rings. The lowest BCUT2D eigenvalue weighted by Gasteiger charge is -2.06. The third-order valence-electron chi connectivity index (χ3n) is 3.48. The number of hydrogen-bond donors (Lipinski definition) is 0. The van der Waals surface area contributed by atoms with Crippen LogP contribution in [0.1, 0.15) is 16.1 Å². The molecule has 25 heavy (non-hydrogen) atoms. The fraction of sp³-hybridized carbons (Fsp3) is 0.105. The molecule has 2 aromatic carbocycles. The fourth-order valence-corrected chi connectivity index (χ4v) is 2.98. The summed E-state index contributed by atoms with van der Waals surface area (Å²) in [5.74, 6) is 0.380. The Labute approximate surface area is 149 Å². The van der Waals surface area contributed by atoms with Crippen LogP contribution in [0.3, 0.4) is 0 Å². The number of benzene rings is 2. The highest BCUT2D eigenvalue weighted by Gasteiger charge is 2.12. The number of carbonyl (C=O) groups is 1. The smallest absolute Gasteiger partial charge is 0.227 e. The van der Waals surface area contributed by atoms with Crippen molar-refractivity contribution in [2.45, 2.75) is 12.1 Å². The van der Waals surface area contributed by atoms with E-state index in [0.29, 0.717) is 10.7 Å².